The molecule has 4 aromatic rings. The Labute approximate surface area is 199 Å². The zero-order valence-corrected chi connectivity index (χ0v) is 20.2. The first-order valence-corrected chi connectivity index (χ1v) is 13.0. The van der Waals surface area contributed by atoms with Crippen molar-refractivity contribution in [2.45, 2.75) is 57.5 Å². The molecule has 0 saturated heterocycles. The maximum absolute atomic E-state index is 10.8. The molecule has 0 amide bonds. The van der Waals surface area contributed by atoms with E-state index in [1.807, 2.05) is 41.7 Å². The van der Waals surface area contributed by atoms with Gasteiger partial charge in [-0.3, -0.25) is 0 Å². The highest BCUT2D eigenvalue weighted by Crippen LogP contribution is 2.42. The van der Waals surface area contributed by atoms with Crippen molar-refractivity contribution in [3.63, 3.8) is 0 Å². The van der Waals surface area contributed by atoms with Gasteiger partial charge in [0, 0.05) is 11.9 Å². The first-order chi connectivity index (χ1) is 16.1. The van der Waals surface area contributed by atoms with Crippen LogP contribution in [0.25, 0.3) is 11.0 Å². The van der Waals surface area contributed by atoms with E-state index in [1.165, 1.54) is 28.1 Å². The number of nitrogens with zero attached hydrogens (tertiary/aromatic N) is 3. The van der Waals surface area contributed by atoms with E-state index in [0.717, 1.165) is 54.0 Å². The lowest BCUT2D eigenvalue weighted by Crippen LogP contribution is -2.10. The van der Waals surface area contributed by atoms with Crippen LogP contribution in [0.5, 0.6) is 0 Å². The highest BCUT2D eigenvalue weighted by Gasteiger charge is 2.32. The van der Waals surface area contributed by atoms with Gasteiger partial charge in [0.2, 0.25) is 0 Å². The van der Waals surface area contributed by atoms with Crippen LogP contribution in [0.15, 0.2) is 48.5 Å². The summed E-state index contributed by atoms with van der Waals surface area (Å²) in [7, 11) is 2.16. The predicted molar refractivity (Wildman–Crippen MR) is 134 cm³/mol. The van der Waals surface area contributed by atoms with Gasteiger partial charge in [0.05, 0.1) is 33.8 Å². The van der Waals surface area contributed by atoms with E-state index in [9.17, 15) is 5.11 Å². The highest BCUT2D eigenvalue weighted by molar-refractivity contribution is 7.11. The van der Waals surface area contributed by atoms with Crippen LogP contribution in [-0.2, 0) is 19.9 Å². The molecule has 2 aliphatic carbocycles. The summed E-state index contributed by atoms with van der Waals surface area (Å²) in [6, 6.07) is 16.9. The molecule has 2 aromatic heterocycles. The molecule has 0 radical (unpaired) electrons. The zero-order valence-electron chi connectivity index (χ0n) is 19.4. The van der Waals surface area contributed by atoms with Gasteiger partial charge in [-0.15, -0.1) is 11.3 Å². The van der Waals surface area contributed by atoms with Crippen LogP contribution in [0.4, 0.5) is 0 Å². The van der Waals surface area contributed by atoms with Crippen LogP contribution in [-0.4, -0.2) is 19.6 Å². The lowest BCUT2D eigenvalue weighted by molar-refractivity contribution is 0.109. The van der Waals surface area contributed by atoms with Gasteiger partial charge < -0.3 is 9.67 Å². The fourth-order valence-corrected chi connectivity index (χ4v) is 7.15. The second-order valence-electron chi connectivity index (χ2n) is 9.98. The Morgan fingerprint density at radius 2 is 1.94 bits per heavy atom. The van der Waals surface area contributed by atoms with Crippen LogP contribution in [0.1, 0.15) is 70.2 Å². The van der Waals surface area contributed by atoms with Gasteiger partial charge in [0.25, 0.3) is 0 Å². The molecule has 33 heavy (non-hydrogen) atoms. The van der Waals surface area contributed by atoms with Gasteiger partial charge in [0.15, 0.2) is 0 Å². The third-order valence-electron chi connectivity index (χ3n) is 7.81. The molecule has 1 saturated carbocycles. The van der Waals surface area contributed by atoms with Crippen molar-refractivity contribution in [3.05, 3.63) is 81.1 Å². The number of fused-ring (bicyclic) bond motifs is 2. The number of hydrogen-bond donors (Lipinski definition) is 1. The molecule has 4 nitrogen and oxygen atoms in total. The Kier molecular flexibility index (Phi) is 5.34. The molecule has 0 aliphatic heterocycles. The molecule has 2 aliphatic rings. The van der Waals surface area contributed by atoms with Crippen molar-refractivity contribution in [2.24, 2.45) is 18.9 Å². The smallest absolute Gasteiger partial charge is 0.118 e. The standard InChI is InChI=1S/C28H31N3OS/c1-17-29-26-22(11-13-25(26)33-17)28-30-23-12-9-19(16-24(23)31(28)2)14-18-8-10-21(15-18)27(32)20-6-4-3-5-7-20/h3-7,9,12,16,18,21-22,27,32H,8,10-11,13-15H2,1-2H3/t18-,21-,22?,27+/m0/s1. The maximum Gasteiger partial charge on any atom is 0.118 e. The molecule has 1 unspecified atom stereocenters. The van der Waals surface area contributed by atoms with E-state index in [0.29, 0.717) is 17.8 Å². The van der Waals surface area contributed by atoms with Crippen LogP contribution in [0.2, 0.25) is 0 Å². The number of aryl methyl sites for hydroxylation is 3. The minimum atomic E-state index is -0.344. The summed E-state index contributed by atoms with van der Waals surface area (Å²) in [5.74, 6) is 2.47. The van der Waals surface area contributed by atoms with Crippen LogP contribution >= 0.6 is 11.3 Å². The van der Waals surface area contributed by atoms with Gasteiger partial charge in [-0.2, -0.15) is 0 Å². The Balaban J connectivity index is 1.19. The molecule has 1 N–H and O–H groups in total. The van der Waals surface area contributed by atoms with Gasteiger partial charge >= 0.3 is 0 Å². The maximum atomic E-state index is 10.8. The fraction of sp³-hybridized carbons (Fsp3) is 0.429. The van der Waals surface area contributed by atoms with Gasteiger partial charge in [-0.05, 0) is 80.5 Å². The largest absolute Gasteiger partial charge is 0.388 e. The summed E-state index contributed by atoms with van der Waals surface area (Å²) >= 11 is 1.84. The quantitative estimate of drug-likeness (QED) is 0.393. The number of rotatable bonds is 5. The summed E-state index contributed by atoms with van der Waals surface area (Å²) in [5, 5.41) is 12.0. The molecule has 1 fully saturated rings. The number of imidazole rings is 1. The topological polar surface area (TPSA) is 50.9 Å². The number of thiazole rings is 1. The van der Waals surface area contributed by atoms with Crippen molar-refractivity contribution in [2.75, 3.05) is 0 Å². The van der Waals surface area contributed by atoms with Crippen molar-refractivity contribution in [1.82, 2.24) is 14.5 Å². The van der Waals surface area contributed by atoms with Crippen molar-refractivity contribution >= 4 is 22.4 Å². The third-order valence-corrected chi connectivity index (χ3v) is 8.86. The Bertz CT molecular complexity index is 1290. The first-order valence-electron chi connectivity index (χ1n) is 12.2. The Hall–Kier alpha value is -2.50. The van der Waals surface area contributed by atoms with E-state index < -0.39 is 0 Å². The minimum absolute atomic E-state index is 0.320. The molecule has 2 heterocycles. The molecular formula is C28H31N3OS. The van der Waals surface area contributed by atoms with Crippen molar-refractivity contribution in [1.29, 1.82) is 0 Å². The molecule has 2 aromatic carbocycles. The predicted octanol–water partition coefficient (Wildman–Crippen LogP) is 6.11. The zero-order chi connectivity index (χ0) is 22.5. The average molecular weight is 458 g/mol. The molecular weight excluding hydrogens is 426 g/mol. The molecule has 170 valence electrons. The Morgan fingerprint density at radius 1 is 1.09 bits per heavy atom. The van der Waals surface area contributed by atoms with E-state index in [-0.39, 0.29) is 6.10 Å². The summed E-state index contributed by atoms with van der Waals surface area (Å²) in [6.45, 7) is 2.10. The van der Waals surface area contributed by atoms with Crippen molar-refractivity contribution < 1.29 is 5.11 Å². The first kappa shape index (κ1) is 21.1. The van der Waals surface area contributed by atoms with E-state index in [2.05, 4.69) is 36.7 Å². The van der Waals surface area contributed by atoms with Crippen molar-refractivity contribution in [3.8, 4) is 0 Å². The Morgan fingerprint density at radius 3 is 2.79 bits per heavy atom. The normalized spacial score (nSPS) is 23.3. The van der Waals surface area contributed by atoms with E-state index >= 15 is 0 Å². The summed E-state index contributed by atoms with van der Waals surface area (Å²) in [4.78, 5) is 11.3. The molecule has 4 atom stereocenters. The summed E-state index contributed by atoms with van der Waals surface area (Å²) in [5.41, 5.74) is 6.00. The van der Waals surface area contributed by atoms with E-state index in [4.69, 9.17) is 9.97 Å². The van der Waals surface area contributed by atoms with Gasteiger partial charge in [-0.25, -0.2) is 9.97 Å². The minimum Gasteiger partial charge on any atom is -0.388 e. The molecule has 5 heteroatoms. The van der Waals surface area contributed by atoms with Gasteiger partial charge in [-0.1, -0.05) is 36.4 Å². The third kappa shape index (κ3) is 3.81. The van der Waals surface area contributed by atoms with Crippen LogP contribution < -0.4 is 0 Å². The monoisotopic (exact) mass is 457 g/mol. The summed E-state index contributed by atoms with van der Waals surface area (Å²) in [6.07, 6.45) is 6.37. The lowest BCUT2D eigenvalue weighted by atomic mass is 9.91. The number of aliphatic hydroxyl groups excluding tert-OH is 1. The number of aromatic nitrogens is 3. The molecule has 0 bridgehead atoms. The SMILES string of the molecule is Cc1nc2c(s1)CCC2c1nc2ccc(C[C@@H]3CC[C@H]([C@H](O)c4ccccc4)C3)cc2n1C. The molecule has 0 spiro atoms. The number of benzene rings is 2. The van der Waals surface area contributed by atoms with E-state index in [1.54, 1.807) is 0 Å². The number of aliphatic hydroxyl groups is 1. The van der Waals surface area contributed by atoms with Crippen LogP contribution in [0, 0.1) is 18.8 Å². The number of hydrogen-bond acceptors (Lipinski definition) is 4. The van der Waals surface area contributed by atoms with Gasteiger partial charge in [0.1, 0.15) is 5.82 Å². The summed E-state index contributed by atoms with van der Waals surface area (Å²) < 4.78 is 2.30. The second-order valence-corrected chi connectivity index (χ2v) is 11.3. The van der Waals surface area contributed by atoms with Crippen LogP contribution in [0.3, 0.4) is 0 Å². The molecule has 6 rings (SSSR count). The fourth-order valence-electron chi connectivity index (χ4n) is 6.13. The lowest BCUT2D eigenvalue weighted by Gasteiger charge is -2.19. The second kappa shape index (κ2) is 8.37. The highest BCUT2D eigenvalue weighted by atomic mass is 32.1. The average Bonchev–Trinajstić information content (AvgIpc) is 3.59.